The van der Waals surface area contributed by atoms with E-state index in [9.17, 15) is 9.18 Å². The first-order chi connectivity index (χ1) is 13.2. The zero-order valence-corrected chi connectivity index (χ0v) is 14.7. The van der Waals surface area contributed by atoms with Crippen molar-refractivity contribution >= 4 is 11.7 Å². The number of carbonyl (C=O) groups is 1. The van der Waals surface area contributed by atoms with Crippen molar-refractivity contribution in [3.63, 3.8) is 0 Å². The molecule has 6 nitrogen and oxygen atoms in total. The number of likely N-dealkylation sites (tertiary alicyclic amines) is 1. The zero-order chi connectivity index (χ0) is 18.6. The van der Waals surface area contributed by atoms with Gasteiger partial charge in [-0.1, -0.05) is 42.5 Å². The molecule has 27 heavy (non-hydrogen) atoms. The Labute approximate surface area is 156 Å². The molecule has 0 spiro atoms. The molecule has 0 aliphatic carbocycles. The molecule has 1 aliphatic rings. The number of hydrogen-bond donors (Lipinski definition) is 2. The summed E-state index contributed by atoms with van der Waals surface area (Å²) in [6.07, 6.45) is 1.61. The van der Waals surface area contributed by atoms with Crippen LogP contribution in [0.4, 0.5) is 14.9 Å². The summed E-state index contributed by atoms with van der Waals surface area (Å²) in [7, 11) is 0. The minimum absolute atomic E-state index is 0.202. The molecule has 2 N–H and O–H groups in total. The molecule has 0 saturated carbocycles. The highest BCUT2D eigenvalue weighted by Gasteiger charge is 2.27. The molecule has 3 aromatic rings. The number of aromatic nitrogens is 3. The maximum atomic E-state index is 13.7. The lowest BCUT2D eigenvalue weighted by Gasteiger charge is -2.17. The molecule has 1 atom stereocenters. The van der Waals surface area contributed by atoms with Gasteiger partial charge in [-0.15, -0.1) is 0 Å². The van der Waals surface area contributed by atoms with Crippen LogP contribution in [-0.2, 0) is 6.42 Å². The smallest absolute Gasteiger partial charge is 0.321 e. The first kappa shape index (κ1) is 17.2. The third-order valence-corrected chi connectivity index (χ3v) is 4.73. The number of H-pyrrole nitrogens is 1. The normalized spacial score (nSPS) is 16.5. The standard InChI is InChI=1S/C20H20FN5O/c21-16-8-4-5-9-17(16)22-20(27)26-11-10-14(13-26)12-18-23-19(25-24-18)15-6-2-1-3-7-15/h1-9,14H,10-13H2,(H,22,27)(H,23,24,25). The Morgan fingerprint density at radius 2 is 1.96 bits per heavy atom. The number of anilines is 1. The van der Waals surface area contributed by atoms with E-state index in [-0.39, 0.29) is 11.7 Å². The van der Waals surface area contributed by atoms with E-state index in [0.717, 1.165) is 24.2 Å². The number of carbonyl (C=O) groups excluding carboxylic acids is 1. The third-order valence-electron chi connectivity index (χ3n) is 4.73. The molecule has 1 aromatic heterocycles. The van der Waals surface area contributed by atoms with Gasteiger partial charge in [0.1, 0.15) is 11.6 Å². The van der Waals surface area contributed by atoms with Crippen LogP contribution in [-0.4, -0.2) is 39.2 Å². The third kappa shape index (κ3) is 3.97. The Hall–Kier alpha value is -3.22. The van der Waals surface area contributed by atoms with Crippen LogP contribution in [0.2, 0.25) is 0 Å². The lowest BCUT2D eigenvalue weighted by molar-refractivity contribution is 0.220. The summed E-state index contributed by atoms with van der Waals surface area (Å²) in [5.74, 6) is 1.36. The molecule has 4 rings (SSSR count). The van der Waals surface area contributed by atoms with Crippen molar-refractivity contribution in [2.24, 2.45) is 5.92 Å². The number of nitrogens with one attached hydrogen (secondary N) is 2. The van der Waals surface area contributed by atoms with Gasteiger partial charge in [0.15, 0.2) is 5.82 Å². The second-order valence-electron chi connectivity index (χ2n) is 6.69. The Morgan fingerprint density at radius 1 is 1.19 bits per heavy atom. The lowest BCUT2D eigenvalue weighted by Crippen LogP contribution is -2.33. The van der Waals surface area contributed by atoms with Gasteiger partial charge in [-0.3, -0.25) is 5.10 Å². The summed E-state index contributed by atoms with van der Waals surface area (Å²) in [5.41, 5.74) is 1.17. The van der Waals surface area contributed by atoms with Crippen LogP contribution in [0.1, 0.15) is 12.2 Å². The molecule has 1 fully saturated rings. The van der Waals surface area contributed by atoms with Crippen LogP contribution in [0.5, 0.6) is 0 Å². The van der Waals surface area contributed by atoms with Gasteiger partial charge in [0.25, 0.3) is 0 Å². The number of para-hydroxylation sites is 1. The molecular formula is C20H20FN5O. The van der Waals surface area contributed by atoms with E-state index in [1.807, 2.05) is 30.3 Å². The van der Waals surface area contributed by atoms with Gasteiger partial charge in [0, 0.05) is 25.1 Å². The van der Waals surface area contributed by atoms with Gasteiger partial charge in [-0.25, -0.2) is 14.2 Å². The van der Waals surface area contributed by atoms with Crippen molar-refractivity contribution in [1.29, 1.82) is 0 Å². The molecule has 1 unspecified atom stereocenters. The predicted octanol–water partition coefficient (Wildman–Crippen LogP) is 3.71. The molecule has 7 heteroatoms. The Balaban J connectivity index is 1.34. The number of aromatic amines is 1. The lowest BCUT2D eigenvalue weighted by atomic mass is 10.1. The van der Waals surface area contributed by atoms with Gasteiger partial charge in [0.05, 0.1) is 5.69 Å². The van der Waals surface area contributed by atoms with E-state index in [4.69, 9.17) is 0 Å². The van der Waals surface area contributed by atoms with Crippen molar-refractivity contribution < 1.29 is 9.18 Å². The van der Waals surface area contributed by atoms with Crippen LogP contribution < -0.4 is 5.32 Å². The molecule has 0 bridgehead atoms. The molecular weight excluding hydrogens is 345 g/mol. The highest BCUT2D eigenvalue weighted by Crippen LogP contribution is 2.22. The number of halogens is 1. The maximum Gasteiger partial charge on any atom is 0.321 e. The van der Waals surface area contributed by atoms with Gasteiger partial charge >= 0.3 is 6.03 Å². The number of benzene rings is 2. The first-order valence-corrected chi connectivity index (χ1v) is 8.96. The fraction of sp³-hybridized carbons (Fsp3) is 0.250. The largest absolute Gasteiger partial charge is 0.324 e. The Morgan fingerprint density at radius 3 is 2.78 bits per heavy atom. The summed E-state index contributed by atoms with van der Waals surface area (Å²) >= 11 is 0. The van der Waals surface area contributed by atoms with E-state index >= 15 is 0 Å². The van der Waals surface area contributed by atoms with Crippen LogP contribution >= 0.6 is 0 Å². The van der Waals surface area contributed by atoms with Crippen LogP contribution in [0.15, 0.2) is 54.6 Å². The fourth-order valence-corrected chi connectivity index (χ4v) is 3.32. The monoisotopic (exact) mass is 365 g/mol. The maximum absolute atomic E-state index is 13.7. The van der Waals surface area contributed by atoms with E-state index in [1.165, 1.54) is 6.07 Å². The van der Waals surface area contributed by atoms with Gasteiger partial charge < -0.3 is 10.2 Å². The average Bonchev–Trinajstić information content (AvgIpc) is 3.34. The van der Waals surface area contributed by atoms with Crippen molar-refractivity contribution in [3.05, 3.63) is 66.2 Å². The molecule has 2 aromatic carbocycles. The summed E-state index contributed by atoms with van der Waals surface area (Å²) in [5, 5.41) is 9.91. The second-order valence-corrected chi connectivity index (χ2v) is 6.69. The van der Waals surface area contributed by atoms with E-state index < -0.39 is 5.82 Å². The fourth-order valence-electron chi connectivity index (χ4n) is 3.32. The Kier molecular flexibility index (Phi) is 4.82. The van der Waals surface area contributed by atoms with Crippen molar-refractivity contribution in [1.82, 2.24) is 20.1 Å². The molecule has 2 heterocycles. The van der Waals surface area contributed by atoms with E-state index in [0.29, 0.717) is 24.8 Å². The highest BCUT2D eigenvalue weighted by molar-refractivity contribution is 5.89. The van der Waals surface area contributed by atoms with Crippen LogP contribution in [0.25, 0.3) is 11.4 Å². The number of urea groups is 1. The summed E-state index contributed by atoms with van der Waals surface area (Å²) in [6.45, 7) is 1.26. The van der Waals surface area contributed by atoms with Crippen molar-refractivity contribution in [2.75, 3.05) is 18.4 Å². The average molecular weight is 365 g/mol. The topological polar surface area (TPSA) is 73.9 Å². The van der Waals surface area contributed by atoms with E-state index in [1.54, 1.807) is 23.1 Å². The van der Waals surface area contributed by atoms with Gasteiger partial charge in [0.2, 0.25) is 0 Å². The minimum Gasteiger partial charge on any atom is -0.324 e. The zero-order valence-electron chi connectivity index (χ0n) is 14.7. The molecule has 2 amide bonds. The first-order valence-electron chi connectivity index (χ1n) is 8.96. The van der Waals surface area contributed by atoms with Gasteiger partial charge in [-0.2, -0.15) is 5.10 Å². The molecule has 0 radical (unpaired) electrons. The molecule has 1 saturated heterocycles. The molecule has 138 valence electrons. The van der Waals surface area contributed by atoms with Crippen molar-refractivity contribution in [3.8, 4) is 11.4 Å². The van der Waals surface area contributed by atoms with Crippen LogP contribution in [0, 0.1) is 11.7 Å². The minimum atomic E-state index is -0.434. The van der Waals surface area contributed by atoms with Gasteiger partial charge in [-0.05, 0) is 24.5 Å². The van der Waals surface area contributed by atoms with E-state index in [2.05, 4.69) is 20.5 Å². The summed E-state index contributed by atoms with van der Waals surface area (Å²) < 4.78 is 13.7. The predicted molar refractivity (Wildman–Crippen MR) is 101 cm³/mol. The van der Waals surface area contributed by atoms with Crippen LogP contribution in [0.3, 0.4) is 0 Å². The van der Waals surface area contributed by atoms with Crippen molar-refractivity contribution in [2.45, 2.75) is 12.8 Å². The quantitative estimate of drug-likeness (QED) is 0.740. The summed E-state index contributed by atoms with van der Waals surface area (Å²) in [4.78, 5) is 18.6. The number of hydrogen-bond acceptors (Lipinski definition) is 3. The molecule has 1 aliphatic heterocycles. The Bertz CT molecular complexity index is 927. The number of amides is 2. The summed E-state index contributed by atoms with van der Waals surface area (Å²) in [6, 6.07) is 15.7. The highest BCUT2D eigenvalue weighted by atomic mass is 19.1. The second kappa shape index (κ2) is 7.57. The SMILES string of the molecule is O=C(Nc1ccccc1F)N1CCC(Cc2nc(-c3ccccc3)n[nH]2)C1. The number of nitrogens with zero attached hydrogens (tertiary/aromatic N) is 3. The number of rotatable bonds is 4.